The summed E-state index contributed by atoms with van der Waals surface area (Å²) in [5.41, 5.74) is 1.78. The van der Waals surface area contributed by atoms with Crippen molar-refractivity contribution < 1.29 is 13.7 Å². The van der Waals surface area contributed by atoms with Gasteiger partial charge in [-0.2, -0.15) is 4.98 Å². The van der Waals surface area contributed by atoms with Gasteiger partial charge in [-0.15, -0.1) is 0 Å². The van der Waals surface area contributed by atoms with Crippen LogP contribution in [-0.4, -0.2) is 16.0 Å². The fraction of sp³-hybridized carbons (Fsp3) is 0. The van der Waals surface area contributed by atoms with Gasteiger partial charge in [-0.3, -0.25) is 10.2 Å². The number of benzene rings is 1. The molecule has 2 rings (SSSR count). The molecule has 0 radical (unpaired) electrons. The number of rotatable bonds is 2. The first-order chi connectivity index (χ1) is 8.13. The molecule has 1 amide bonds. The minimum Gasteiger partial charge on any atom is -0.328 e. The second-order valence-electron chi connectivity index (χ2n) is 2.99. The number of hydrazine groups is 1. The van der Waals surface area contributed by atoms with Crippen LogP contribution < -0.4 is 11.3 Å². The molecule has 0 aliphatic carbocycles. The summed E-state index contributed by atoms with van der Waals surface area (Å²) >= 11 is 5.80. The Balaban J connectivity index is 2.47. The van der Waals surface area contributed by atoms with Crippen molar-refractivity contribution in [2.45, 2.75) is 0 Å². The summed E-state index contributed by atoms with van der Waals surface area (Å²) in [6, 6.07) is 4.11. The Morgan fingerprint density at radius 1 is 1.53 bits per heavy atom. The normalized spacial score (nSPS) is 10.3. The summed E-state index contributed by atoms with van der Waals surface area (Å²) in [5, 5.41) is 3.57. The molecule has 1 aromatic carbocycles. The molecule has 0 spiro atoms. The van der Waals surface area contributed by atoms with Crippen LogP contribution in [0.15, 0.2) is 22.7 Å². The quantitative estimate of drug-likeness (QED) is 0.477. The van der Waals surface area contributed by atoms with Crippen LogP contribution >= 0.6 is 11.6 Å². The third-order valence-electron chi connectivity index (χ3n) is 1.94. The molecule has 0 fully saturated rings. The largest absolute Gasteiger partial charge is 0.328 e. The lowest BCUT2D eigenvalue weighted by molar-refractivity contribution is 0.0910. The molecule has 0 aliphatic heterocycles. The number of hydrogen-bond acceptors (Lipinski definition) is 5. The van der Waals surface area contributed by atoms with E-state index in [1.807, 2.05) is 5.43 Å². The van der Waals surface area contributed by atoms with E-state index in [2.05, 4.69) is 14.7 Å². The second kappa shape index (κ2) is 4.48. The number of carbonyl (C=O) groups excluding carboxylic acids is 1. The highest BCUT2D eigenvalue weighted by Crippen LogP contribution is 2.28. The van der Waals surface area contributed by atoms with Gasteiger partial charge in [0.25, 0.3) is 0 Å². The first-order valence-electron chi connectivity index (χ1n) is 4.42. The molecule has 0 aliphatic rings. The Morgan fingerprint density at radius 3 is 2.94 bits per heavy atom. The van der Waals surface area contributed by atoms with Crippen LogP contribution in [0.5, 0.6) is 0 Å². The maximum Gasteiger partial charge on any atom is 0.323 e. The van der Waals surface area contributed by atoms with E-state index in [0.29, 0.717) is 0 Å². The van der Waals surface area contributed by atoms with Crippen molar-refractivity contribution in [3.8, 4) is 11.4 Å². The van der Waals surface area contributed by atoms with Crippen molar-refractivity contribution in [2.24, 2.45) is 5.84 Å². The van der Waals surface area contributed by atoms with Crippen molar-refractivity contribution in [1.82, 2.24) is 15.6 Å². The fourth-order valence-corrected chi connectivity index (χ4v) is 1.44. The van der Waals surface area contributed by atoms with Gasteiger partial charge in [0.2, 0.25) is 5.82 Å². The predicted octanol–water partition coefficient (Wildman–Crippen LogP) is 1.13. The highest BCUT2D eigenvalue weighted by molar-refractivity contribution is 6.33. The van der Waals surface area contributed by atoms with Gasteiger partial charge in [-0.25, -0.2) is 10.2 Å². The number of nitrogens with two attached hydrogens (primary N) is 1. The van der Waals surface area contributed by atoms with Gasteiger partial charge in [0.1, 0.15) is 5.82 Å². The van der Waals surface area contributed by atoms with Gasteiger partial charge in [-0.1, -0.05) is 22.8 Å². The molecule has 1 heterocycles. The highest BCUT2D eigenvalue weighted by atomic mass is 35.5. The number of aromatic nitrogens is 2. The predicted molar refractivity (Wildman–Crippen MR) is 56.4 cm³/mol. The summed E-state index contributed by atoms with van der Waals surface area (Å²) in [6.45, 7) is 0. The zero-order chi connectivity index (χ0) is 12.4. The smallest absolute Gasteiger partial charge is 0.323 e. The Morgan fingerprint density at radius 2 is 2.29 bits per heavy atom. The lowest BCUT2D eigenvalue weighted by Crippen LogP contribution is -2.30. The molecule has 0 saturated heterocycles. The topological polar surface area (TPSA) is 94.0 Å². The van der Waals surface area contributed by atoms with Crippen LogP contribution in [0.2, 0.25) is 5.02 Å². The molecule has 3 N–H and O–H groups in total. The molecule has 0 saturated carbocycles. The van der Waals surface area contributed by atoms with Crippen LogP contribution in [-0.2, 0) is 0 Å². The fourth-order valence-electron chi connectivity index (χ4n) is 1.19. The van der Waals surface area contributed by atoms with Gasteiger partial charge in [-0.05, 0) is 12.1 Å². The van der Waals surface area contributed by atoms with Crippen LogP contribution in [0.4, 0.5) is 4.39 Å². The number of nitrogens with one attached hydrogen (secondary N) is 1. The number of carbonyl (C=O) groups is 1. The zero-order valence-electron chi connectivity index (χ0n) is 8.28. The molecule has 17 heavy (non-hydrogen) atoms. The Labute approximate surface area is 99.5 Å². The SMILES string of the molecule is NNC(=O)c1nc(-c2c(F)cccc2Cl)no1. The monoisotopic (exact) mass is 256 g/mol. The zero-order valence-corrected chi connectivity index (χ0v) is 9.03. The molecule has 8 heteroatoms. The molecule has 6 nitrogen and oxygen atoms in total. The van der Waals surface area contributed by atoms with Crippen molar-refractivity contribution in [2.75, 3.05) is 0 Å². The van der Waals surface area contributed by atoms with E-state index >= 15 is 0 Å². The lowest BCUT2D eigenvalue weighted by atomic mass is 10.2. The number of halogens is 2. The molecule has 88 valence electrons. The second-order valence-corrected chi connectivity index (χ2v) is 3.40. The Hall–Kier alpha value is -1.99. The molecular formula is C9H6ClFN4O2. The van der Waals surface area contributed by atoms with Gasteiger partial charge < -0.3 is 4.52 Å². The van der Waals surface area contributed by atoms with Crippen LogP contribution in [0.1, 0.15) is 10.7 Å². The number of hydrogen-bond donors (Lipinski definition) is 2. The van der Waals surface area contributed by atoms with Crippen LogP contribution in [0.3, 0.4) is 0 Å². The van der Waals surface area contributed by atoms with E-state index in [0.717, 1.165) is 0 Å². The number of nitrogen functional groups attached to an aromatic ring is 1. The molecule has 2 aromatic rings. The average Bonchev–Trinajstić information content (AvgIpc) is 2.77. The van der Waals surface area contributed by atoms with Crippen molar-refractivity contribution >= 4 is 17.5 Å². The maximum absolute atomic E-state index is 13.5. The van der Waals surface area contributed by atoms with Crippen molar-refractivity contribution in [3.05, 3.63) is 34.9 Å². The molecular weight excluding hydrogens is 251 g/mol. The van der Waals surface area contributed by atoms with Gasteiger partial charge in [0, 0.05) is 0 Å². The summed E-state index contributed by atoms with van der Waals surface area (Å²) < 4.78 is 18.1. The Bertz CT molecular complexity index is 552. The van der Waals surface area contributed by atoms with E-state index in [4.69, 9.17) is 17.4 Å². The van der Waals surface area contributed by atoms with Gasteiger partial charge >= 0.3 is 11.8 Å². The molecule has 0 atom stereocenters. The van der Waals surface area contributed by atoms with Gasteiger partial charge in [0.05, 0.1) is 10.6 Å². The summed E-state index contributed by atoms with van der Waals surface area (Å²) in [6.07, 6.45) is 0. The minimum atomic E-state index is -0.767. The van der Waals surface area contributed by atoms with E-state index < -0.39 is 11.7 Å². The van der Waals surface area contributed by atoms with Crippen LogP contribution in [0.25, 0.3) is 11.4 Å². The first-order valence-corrected chi connectivity index (χ1v) is 4.80. The molecule has 0 bridgehead atoms. The average molecular weight is 257 g/mol. The summed E-state index contributed by atoms with van der Waals surface area (Å²) in [7, 11) is 0. The highest BCUT2D eigenvalue weighted by Gasteiger charge is 2.19. The third-order valence-corrected chi connectivity index (χ3v) is 2.25. The number of nitrogens with zero attached hydrogens (tertiary/aromatic N) is 2. The van der Waals surface area contributed by atoms with Crippen molar-refractivity contribution in [3.63, 3.8) is 0 Å². The third kappa shape index (κ3) is 2.10. The summed E-state index contributed by atoms with van der Waals surface area (Å²) in [4.78, 5) is 14.7. The Kier molecular flexibility index (Phi) is 3.03. The standard InChI is InChI=1S/C9H6ClFN4O2/c10-4-2-1-3-5(11)6(4)7-13-9(17-15-7)8(16)14-12/h1-3H,12H2,(H,14,16). The van der Waals surface area contributed by atoms with E-state index in [1.54, 1.807) is 0 Å². The van der Waals surface area contributed by atoms with Crippen molar-refractivity contribution in [1.29, 1.82) is 0 Å². The van der Waals surface area contributed by atoms with E-state index in [9.17, 15) is 9.18 Å². The lowest BCUT2D eigenvalue weighted by Gasteiger charge is -1.99. The number of amides is 1. The van der Waals surface area contributed by atoms with E-state index in [1.165, 1.54) is 18.2 Å². The van der Waals surface area contributed by atoms with Gasteiger partial charge in [0.15, 0.2) is 0 Å². The van der Waals surface area contributed by atoms with Crippen LogP contribution in [0, 0.1) is 5.82 Å². The molecule has 0 unspecified atom stereocenters. The molecule has 1 aromatic heterocycles. The van der Waals surface area contributed by atoms with E-state index in [-0.39, 0.29) is 22.3 Å². The maximum atomic E-state index is 13.5. The first kappa shape index (κ1) is 11.5. The summed E-state index contributed by atoms with van der Waals surface area (Å²) in [5.74, 6) is 3.01. The minimum absolute atomic E-state index is 0.0333.